The Labute approximate surface area is 132 Å². The van der Waals surface area contributed by atoms with Crippen LogP contribution in [0.2, 0.25) is 0 Å². The molecule has 22 heavy (non-hydrogen) atoms. The molecule has 1 heterocycles. The Bertz CT molecular complexity index is 627. The number of hydrogen-bond acceptors (Lipinski definition) is 2. The maximum absolute atomic E-state index is 12.5. The standard InChI is InChI=1S/C20H23NO/c1-16-10-12-21(13-11-16)15-17-6-5-9-19(14-17)20(22)18-7-3-2-4-8-18/h2-9,14,16H,10-13,15H2,1H3. The van der Waals surface area contributed by atoms with Gasteiger partial charge >= 0.3 is 0 Å². The molecule has 0 aliphatic carbocycles. The summed E-state index contributed by atoms with van der Waals surface area (Å²) in [5.74, 6) is 0.956. The Morgan fingerprint density at radius 1 is 1.00 bits per heavy atom. The fraction of sp³-hybridized carbons (Fsp3) is 0.350. The van der Waals surface area contributed by atoms with Gasteiger partial charge < -0.3 is 0 Å². The molecule has 0 N–H and O–H groups in total. The van der Waals surface area contributed by atoms with E-state index in [2.05, 4.69) is 17.9 Å². The maximum atomic E-state index is 12.5. The summed E-state index contributed by atoms with van der Waals surface area (Å²) >= 11 is 0. The molecular formula is C20H23NO. The van der Waals surface area contributed by atoms with E-state index in [1.165, 1.54) is 18.4 Å². The largest absolute Gasteiger partial charge is 0.299 e. The zero-order valence-electron chi connectivity index (χ0n) is 13.2. The van der Waals surface area contributed by atoms with Crippen molar-refractivity contribution in [3.8, 4) is 0 Å². The minimum absolute atomic E-state index is 0.106. The SMILES string of the molecule is CC1CCN(Cc2cccc(C(=O)c3ccccc3)c2)CC1. The van der Waals surface area contributed by atoms with E-state index >= 15 is 0 Å². The number of ketones is 1. The second-order valence-corrected chi connectivity index (χ2v) is 6.35. The Morgan fingerprint density at radius 3 is 2.41 bits per heavy atom. The molecule has 0 radical (unpaired) electrons. The molecule has 0 atom stereocenters. The third-order valence-corrected chi connectivity index (χ3v) is 4.51. The smallest absolute Gasteiger partial charge is 0.193 e. The van der Waals surface area contributed by atoms with E-state index < -0.39 is 0 Å². The van der Waals surface area contributed by atoms with Crippen molar-refractivity contribution >= 4 is 5.78 Å². The van der Waals surface area contributed by atoms with Gasteiger partial charge in [0.1, 0.15) is 0 Å². The summed E-state index contributed by atoms with van der Waals surface area (Å²) in [7, 11) is 0. The summed E-state index contributed by atoms with van der Waals surface area (Å²) in [4.78, 5) is 15.0. The third kappa shape index (κ3) is 3.63. The second-order valence-electron chi connectivity index (χ2n) is 6.35. The van der Waals surface area contributed by atoms with E-state index in [1.807, 2.05) is 48.5 Å². The van der Waals surface area contributed by atoms with Gasteiger partial charge in [-0.25, -0.2) is 0 Å². The van der Waals surface area contributed by atoms with Crippen LogP contribution >= 0.6 is 0 Å². The molecule has 2 nitrogen and oxygen atoms in total. The zero-order chi connectivity index (χ0) is 15.4. The van der Waals surface area contributed by atoms with Gasteiger partial charge in [0.05, 0.1) is 0 Å². The monoisotopic (exact) mass is 293 g/mol. The molecule has 0 aromatic heterocycles. The average molecular weight is 293 g/mol. The fourth-order valence-electron chi connectivity index (χ4n) is 3.05. The average Bonchev–Trinajstić information content (AvgIpc) is 2.57. The predicted molar refractivity (Wildman–Crippen MR) is 90.0 cm³/mol. The van der Waals surface area contributed by atoms with E-state index in [-0.39, 0.29) is 5.78 Å². The van der Waals surface area contributed by atoms with E-state index in [0.717, 1.165) is 36.7 Å². The predicted octanol–water partition coefficient (Wildman–Crippen LogP) is 4.15. The van der Waals surface area contributed by atoms with Crippen molar-refractivity contribution in [1.29, 1.82) is 0 Å². The van der Waals surface area contributed by atoms with Crippen LogP contribution in [0, 0.1) is 5.92 Å². The molecule has 1 fully saturated rings. The van der Waals surface area contributed by atoms with Crippen LogP contribution in [0.4, 0.5) is 0 Å². The number of nitrogens with zero attached hydrogens (tertiary/aromatic N) is 1. The highest BCUT2D eigenvalue weighted by Gasteiger charge is 2.16. The number of carbonyl (C=O) groups is 1. The molecule has 1 aliphatic rings. The normalized spacial score (nSPS) is 16.6. The molecule has 1 aliphatic heterocycles. The van der Waals surface area contributed by atoms with Gasteiger partial charge in [-0.3, -0.25) is 9.69 Å². The highest BCUT2D eigenvalue weighted by atomic mass is 16.1. The number of carbonyl (C=O) groups excluding carboxylic acids is 1. The van der Waals surface area contributed by atoms with Crippen LogP contribution in [0.1, 0.15) is 41.3 Å². The first-order valence-electron chi connectivity index (χ1n) is 8.13. The Kier molecular flexibility index (Phi) is 4.69. The summed E-state index contributed by atoms with van der Waals surface area (Å²) in [6, 6.07) is 17.6. The van der Waals surface area contributed by atoms with Gasteiger partial charge in [0, 0.05) is 17.7 Å². The summed E-state index contributed by atoms with van der Waals surface area (Å²) in [5.41, 5.74) is 2.77. The number of likely N-dealkylation sites (tertiary alicyclic amines) is 1. The van der Waals surface area contributed by atoms with E-state index in [9.17, 15) is 4.79 Å². The Morgan fingerprint density at radius 2 is 1.68 bits per heavy atom. The highest BCUT2D eigenvalue weighted by molar-refractivity contribution is 6.09. The van der Waals surface area contributed by atoms with Crippen molar-refractivity contribution < 1.29 is 4.79 Å². The number of hydrogen-bond donors (Lipinski definition) is 0. The minimum Gasteiger partial charge on any atom is -0.299 e. The van der Waals surface area contributed by atoms with Crippen molar-refractivity contribution in [2.45, 2.75) is 26.3 Å². The summed E-state index contributed by atoms with van der Waals surface area (Å²) < 4.78 is 0. The molecule has 0 amide bonds. The lowest BCUT2D eigenvalue weighted by molar-refractivity contribution is 0.103. The minimum atomic E-state index is 0.106. The van der Waals surface area contributed by atoms with Gasteiger partial charge in [0.25, 0.3) is 0 Å². The Hall–Kier alpha value is -1.93. The summed E-state index contributed by atoms with van der Waals surface area (Å²) in [6.45, 7) is 5.61. The molecule has 3 rings (SSSR count). The molecule has 2 aromatic rings. The summed E-state index contributed by atoms with van der Waals surface area (Å²) in [5, 5.41) is 0. The molecule has 2 heteroatoms. The fourth-order valence-corrected chi connectivity index (χ4v) is 3.05. The van der Waals surface area contributed by atoms with E-state index in [0.29, 0.717) is 0 Å². The van der Waals surface area contributed by atoms with E-state index in [1.54, 1.807) is 0 Å². The quantitative estimate of drug-likeness (QED) is 0.789. The van der Waals surface area contributed by atoms with Crippen molar-refractivity contribution in [2.24, 2.45) is 5.92 Å². The van der Waals surface area contributed by atoms with Crippen LogP contribution in [-0.2, 0) is 6.54 Å². The second kappa shape index (κ2) is 6.89. The molecular weight excluding hydrogens is 270 g/mol. The van der Waals surface area contributed by atoms with Gasteiger partial charge in [-0.1, -0.05) is 55.5 Å². The van der Waals surface area contributed by atoms with Gasteiger partial charge in [0.15, 0.2) is 5.78 Å². The van der Waals surface area contributed by atoms with Crippen molar-refractivity contribution in [1.82, 2.24) is 4.90 Å². The lowest BCUT2D eigenvalue weighted by Gasteiger charge is -2.30. The van der Waals surface area contributed by atoms with Gasteiger partial charge in [0.2, 0.25) is 0 Å². The zero-order valence-corrected chi connectivity index (χ0v) is 13.2. The first-order chi connectivity index (χ1) is 10.7. The number of piperidine rings is 1. The number of rotatable bonds is 4. The maximum Gasteiger partial charge on any atom is 0.193 e. The highest BCUT2D eigenvalue weighted by Crippen LogP contribution is 2.19. The van der Waals surface area contributed by atoms with Gasteiger partial charge in [-0.05, 0) is 43.5 Å². The molecule has 0 unspecified atom stereocenters. The van der Waals surface area contributed by atoms with Crippen LogP contribution in [0.3, 0.4) is 0 Å². The van der Waals surface area contributed by atoms with Crippen molar-refractivity contribution in [3.05, 3.63) is 71.3 Å². The van der Waals surface area contributed by atoms with Crippen molar-refractivity contribution in [2.75, 3.05) is 13.1 Å². The molecule has 1 saturated heterocycles. The molecule has 0 spiro atoms. The molecule has 0 saturated carbocycles. The lowest BCUT2D eigenvalue weighted by atomic mass is 9.98. The molecule has 114 valence electrons. The van der Waals surface area contributed by atoms with Crippen LogP contribution in [0.25, 0.3) is 0 Å². The molecule has 0 bridgehead atoms. The first-order valence-corrected chi connectivity index (χ1v) is 8.13. The van der Waals surface area contributed by atoms with Gasteiger partial charge in [-0.2, -0.15) is 0 Å². The lowest BCUT2D eigenvalue weighted by Crippen LogP contribution is -2.32. The van der Waals surface area contributed by atoms with Crippen LogP contribution < -0.4 is 0 Å². The van der Waals surface area contributed by atoms with E-state index in [4.69, 9.17) is 0 Å². The topological polar surface area (TPSA) is 20.3 Å². The van der Waals surface area contributed by atoms with Gasteiger partial charge in [-0.15, -0.1) is 0 Å². The van der Waals surface area contributed by atoms with Crippen molar-refractivity contribution in [3.63, 3.8) is 0 Å². The van der Waals surface area contributed by atoms with Crippen LogP contribution in [0.5, 0.6) is 0 Å². The summed E-state index contributed by atoms with van der Waals surface area (Å²) in [6.07, 6.45) is 2.56. The Balaban J connectivity index is 1.71. The molecule has 2 aromatic carbocycles. The third-order valence-electron chi connectivity index (χ3n) is 4.51. The van der Waals surface area contributed by atoms with Crippen LogP contribution in [-0.4, -0.2) is 23.8 Å². The first kappa shape index (κ1) is 15.0. The van der Waals surface area contributed by atoms with Crippen LogP contribution in [0.15, 0.2) is 54.6 Å². The number of benzene rings is 2.